The second-order valence-electron chi connectivity index (χ2n) is 5.03. The van der Waals surface area contributed by atoms with Crippen LogP contribution in [0.25, 0.3) is 0 Å². The van der Waals surface area contributed by atoms with Crippen LogP contribution in [-0.2, 0) is 11.2 Å². The molecular formula is C18H17FN2O3. The summed E-state index contributed by atoms with van der Waals surface area (Å²) in [7, 11) is 3.03. The molecule has 2 aromatic carbocycles. The molecule has 2 rings (SSSR count). The fraction of sp³-hybridized carbons (Fsp3) is 0.222. The number of halogens is 1. The Morgan fingerprint density at radius 2 is 2.00 bits per heavy atom. The third kappa shape index (κ3) is 4.02. The predicted molar refractivity (Wildman–Crippen MR) is 87.4 cm³/mol. The molecule has 0 heterocycles. The molecule has 5 nitrogen and oxygen atoms in total. The Morgan fingerprint density at radius 3 is 2.62 bits per heavy atom. The molecule has 1 atom stereocenters. The van der Waals surface area contributed by atoms with Gasteiger partial charge in [-0.15, -0.1) is 0 Å². The van der Waals surface area contributed by atoms with Gasteiger partial charge in [-0.1, -0.05) is 12.1 Å². The second kappa shape index (κ2) is 7.97. The number of benzene rings is 2. The Morgan fingerprint density at radius 1 is 1.25 bits per heavy atom. The van der Waals surface area contributed by atoms with Gasteiger partial charge in [-0.05, 0) is 35.9 Å². The molecule has 0 radical (unpaired) electrons. The van der Waals surface area contributed by atoms with Crippen molar-refractivity contribution in [1.29, 1.82) is 5.26 Å². The summed E-state index contributed by atoms with van der Waals surface area (Å²) in [4.78, 5) is 12.3. The molecule has 0 bridgehead atoms. The maximum Gasteiger partial charge on any atom is 0.242 e. The number of para-hydroxylation sites is 1. The zero-order valence-corrected chi connectivity index (χ0v) is 13.4. The van der Waals surface area contributed by atoms with Crippen LogP contribution in [0, 0.1) is 23.1 Å². The van der Waals surface area contributed by atoms with Gasteiger partial charge in [0.1, 0.15) is 23.2 Å². The Balaban J connectivity index is 2.19. The zero-order valence-electron chi connectivity index (χ0n) is 13.4. The van der Waals surface area contributed by atoms with Crippen LogP contribution in [0.1, 0.15) is 5.56 Å². The van der Waals surface area contributed by atoms with Crippen molar-refractivity contribution in [2.24, 2.45) is 5.92 Å². The van der Waals surface area contributed by atoms with E-state index in [-0.39, 0.29) is 12.1 Å². The monoisotopic (exact) mass is 328 g/mol. The molecule has 0 aliphatic carbocycles. The van der Waals surface area contributed by atoms with Crippen molar-refractivity contribution in [1.82, 2.24) is 0 Å². The van der Waals surface area contributed by atoms with Crippen LogP contribution < -0.4 is 14.8 Å². The van der Waals surface area contributed by atoms with Gasteiger partial charge in [0.25, 0.3) is 0 Å². The van der Waals surface area contributed by atoms with Gasteiger partial charge in [0.05, 0.1) is 26.0 Å². The molecule has 2 aromatic rings. The van der Waals surface area contributed by atoms with E-state index in [1.165, 1.54) is 32.4 Å². The molecule has 0 spiro atoms. The number of carbonyl (C=O) groups is 1. The summed E-state index contributed by atoms with van der Waals surface area (Å²) in [6, 6.07) is 12.9. The SMILES string of the molecule is COc1ccc(OC)c(CC(C#N)C(=O)Nc2ccccc2F)c1. The lowest BCUT2D eigenvalue weighted by atomic mass is 9.98. The summed E-state index contributed by atoms with van der Waals surface area (Å²) in [6.07, 6.45) is 0.122. The van der Waals surface area contributed by atoms with E-state index >= 15 is 0 Å². The van der Waals surface area contributed by atoms with E-state index in [2.05, 4.69) is 5.32 Å². The largest absolute Gasteiger partial charge is 0.497 e. The van der Waals surface area contributed by atoms with Crippen molar-refractivity contribution in [3.63, 3.8) is 0 Å². The first-order valence-corrected chi connectivity index (χ1v) is 7.25. The lowest BCUT2D eigenvalue weighted by molar-refractivity contribution is -0.118. The van der Waals surface area contributed by atoms with Gasteiger partial charge in [-0.25, -0.2) is 4.39 Å². The molecule has 0 fully saturated rings. The summed E-state index contributed by atoms with van der Waals surface area (Å²) >= 11 is 0. The van der Waals surface area contributed by atoms with Crippen LogP contribution in [-0.4, -0.2) is 20.1 Å². The number of amides is 1. The van der Waals surface area contributed by atoms with Gasteiger partial charge in [0, 0.05) is 6.42 Å². The van der Waals surface area contributed by atoms with E-state index < -0.39 is 17.6 Å². The number of carbonyl (C=O) groups excluding carboxylic acids is 1. The lowest BCUT2D eigenvalue weighted by Crippen LogP contribution is -2.24. The Kier molecular flexibility index (Phi) is 5.74. The van der Waals surface area contributed by atoms with Crippen LogP contribution in [0.5, 0.6) is 11.5 Å². The van der Waals surface area contributed by atoms with Crippen LogP contribution in [0.3, 0.4) is 0 Å². The van der Waals surface area contributed by atoms with E-state index in [0.717, 1.165) is 0 Å². The molecule has 24 heavy (non-hydrogen) atoms. The maximum absolute atomic E-state index is 13.6. The first-order chi connectivity index (χ1) is 11.6. The zero-order chi connectivity index (χ0) is 17.5. The third-order valence-electron chi connectivity index (χ3n) is 3.52. The normalized spacial score (nSPS) is 11.2. The minimum atomic E-state index is -0.995. The van der Waals surface area contributed by atoms with E-state index in [0.29, 0.717) is 17.1 Å². The standard InChI is InChI=1S/C18H17FN2O3/c1-23-14-7-8-17(24-2)12(10-14)9-13(11-20)18(22)21-16-6-4-3-5-15(16)19/h3-8,10,13H,9H2,1-2H3,(H,21,22). The smallest absolute Gasteiger partial charge is 0.242 e. The van der Waals surface area contributed by atoms with Crippen LogP contribution in [0.4, 0.5) is 10.1 Å². The van der Waals surface area contributed by atoms with Gasteiger partial charge in [-0.2, -0.15) is 5.26 Å². The molecule has 124 valence electrons. The molecule has 1 unspecified atom stereocenters. The maximum atomic E-state index is 13.6. The second-order valence-corrected chi connectivity index (χ2v) is 5.03. The van der Waals surface area contributed by atoms with E-state index in [4.69, 9.17) is 9.47 Å². The van der Waals surface area contributed by atoms with Gasteiger partial charge in [0.15, 0.2) is 0 Å². The van der Waals surface area contributed by atoms with Crippen LogP contribution >= 0.6 is 0 Å². The Hall–Kier alpha value is -3.07. The number of ether oxygens (including phenoxy) is 2. The van der Waals surface area contributed by atoms with Gasteiger partial charge in [0.2, 0.25) is 5.91 Å². The average Bonchev–Trinajstić information content (AvgIpc) is 2.61. The summed E-state index contributed by atoms with van der Waals surface area (Å²) in [5.74, 6) is -0.980. The van der Waals surface area contributed by atoms with Crippen molar-refractivity contribution >= 4 is 11.6 Å². The number of hydrogen-bond donors (Lipinski definition) is 1. The van der Waals surface area contributed by atoms with Gasteiger partial charge < -0.3 is 14.8 Å². The molecule has 0 aliphatic rings. The highest BCUT2D eigenvalue weighted by Crippen LogP contribution is 2.27. The van der Waals surface area contributed by atoms with Gasteiger partial charge in [-0.3, -0.25) is 4.79 Å². The number of methoxy groups -OCH3 is 2. The van der Waals surface area contributed by atoms with Crippen molar-refractivity contribution in [2.75, 3.05) is 19.5 Å². The van der Waals surface area contributed by atoms with E-state index in [1.54, 1.807) is 24.3 Å². The average molecular weight is 328 g/mol. The summed E-state index contributed by atoms with van der Waals surface area (Å²) in [6.45, 7) is 0. The number of nitrogens with one attached hydrogen (secondary N) is 1. The van der Waals surface area contributed by atoms with Crippen LogP contribution in [0.2, 0.25) is 0 Å². The van der Waals surface area contributed by atoms with Gasteiger partial charge >= 0.3 is 0 Å². The first-order valence-electron chi connectivity index (χ1n) is 7.25. The quantitative estimate of drug-likeness (QED) is 0.884. The summed E-state index contributed by atoms with van der Waals surface area (Å²) in [5, 5.41) is 11.8. The number of nitrogens with zero attached hydrogens (tertiary/aromatic N) is 1. The molecule has 0 saturated heterocycles. The number of hydrogen-bond acceptors (Lipinski definition) is 4. The fourth-order valence-corrected chi connectivity index (χ4v) is 2.24. The van der Waals surface area contributed by atoms with E-state index in [9.17, 15) is 14.4 Å². The van der Waals surface area contributed by atoms with Crippen molar-refractivity contribution in [3.05, 3.63) is 53.8 Å². The first kappa shape index (κ1) is 17.3. The molecule has 0 saturated carbocycles. The summed E-state index contributed by atoms with van der Waals surface area (Å²) in [5.41, 5.74) is 0.701. The molecular weight excluding hydrogens is 311 g/mol. The lowest BCUT2D eigenvalue weighted by Gasteiger charge is -2.14. The highest BCUT2D eigenvalue weighted by molar-refractivity contribution is 5.94. The number of anilines is 1. The van der Waals surface area contributed by atoms with Crippen molar-refractivity contribution < 1.29 is 18.7 Å². The summed E-state index contributed by atoms with van der Waals surface area (Å²) < 4.78 is 24.0. The van der Waals surface area contributed by atoms with Crippen molar-refractivity contribution in [2.45, 2.75) is 6.42 Å². The molecule has 1 N–H and O–H groups in total. The molecule has 0 aliphatic heterocycles. The molecule has 1 amide bonds. The highest BCUT2D eigenvalue weighted by Gasteiger charge is 2.21. The number of nitriles is 1. The minimum Gasteiger partial charge on any atom is -0.497 e. The Labute approximate surface area is 139 Å². The minimum absolute atomic E-state index is 0.0420. The number of rotatable bonds is 6. The van der Waals surface area contributed by atoms with Crippen molar-refractivity contribution in [3.8, 4) is 17.6 Å². The topological polar surface area (TPSA) is 71.3 Å². The molecule has 6 heteroatoms. The van der Waals surface area contributed by atoms with E-state index in [1.807, 2.05) is 6.07 Å². The Bertz CT molecular complexity index is 771. The highest BCUT2D eigenvalue weighted by atomic mass is 19.1. The predicted octanol–water partition coefficient (Wildman–Crippen LogP) is 3.16. The fourth-order valence-electron chi connectivity index (χ4n) is 2.24. The van der Waals surface area contributed by atoms with Crippen LogP contribution in [0.15, 0.2) is 42.5 Å². The third-order valence-corrected chi connectivity index (χ3v) is 3.52. The molecule has 0 aromatic heterocycles.